The van der Waals surface area contributed by atoms with Gasteiger partial charge in [0, 0.05) is 21.3 Å². The minimum Gasteiger partial charge on any atom is -0.394 e. The predicted octanol–water partition coefficient (Wildman–Crippen LogP) is -1.26. The van der Waals surface area contributed by atoms with E-state index in [4.69, 9.17) is 24.1 Å². The third-order valence-corrected chi connectivity index (χ3v) is 2.57. The average Bonchev–Trinajstić information content (AvgIpc) is 2.28. The zero-order valence-electron chi connectivity index (χ0n) is 9.12. The fourth-order valence-electron chi connectivity index (χ4n) is 1.79. The zero-order valence-corrected chi connectivity index (χ0v) is 9.12. The standard InChI is InChI=1S/C9H18O6/c1-12-7-5(4-10)15-9(14-3)6(11)8(7)13-2/h5-11H,4H2,1-3H3/t5-,6-,7-,8-,9+/m1/s1. The Morgan fingerprint density at radius 3 is 2.07 bits per heavy atom. The number of rotatable bonds is 4. The Morgan fingerprint density at radius 2 is 1.67 bits per heavy atom. The molecule has 0 radical (unpaired) electrons. The minimum atomic E-state index is -0.937. The molecule has 0 unspecified atom stereocenters. The maximum atomic E-state index is 9.81. The third kappa shape index (κ3) is 2.47. The first kappa shape index (κ1) is 12.8. The fraction of sp³-hybridized carbons (Fsp3) is 1.00. The normalized spacial score (nSPS) is 41.8. The molecule has 1 saturated heterocycles. The maximum absolute atomic E-state index is 9.81. The molecule has 1 fully saturated rings. The van der Waals surface area contributed by atoms with Crippen molar-refractivity contribution in [3.05, 3.63) is 0 Å². The summed E-state index contributed by atoms with van der Waals surface area (Å²) in [5, 5.41) is 18.9. The average molecular weight is 222 g/mol. The van der Waals surface area contributed by atoms with Crippen LogP contribution in [0.3, 0.4) is 0 Å². The van der Waals surface area contributed by atoms with E-state index in [2.05, 4.69) is 0 Å². The molecule has 1 aliphatic heterocycles. The Bertz CT molecular complexity index is 187. The van der Waals surface area contributed by atoms with Crippen molar-refractivity contribution in [2.24, 2.45) is 0 Å². The quantitative estimate of drug-likeness (QED) is 0.618. The molecule has 2 N–H and O–H groups in total. The van der Waals surface area contributed by atoms with Gasteiger partial charge >= 0.3 is 0 Å². The van der Waals surface area contributed by atoms with Crippen LogP contribution in [0.1, 0.15) is 0 Å². The van der Waals surface area contributed by atoms with Gasteiger partial charge in [-0.2, -0.15) is 0 Å². The first-order valence-corrected chi connectivity index (χ1v) is 4.72. The second kappa shape index (κ2) is 5.74. The lowest BCUT2D eigenvalue weighted by molar-refractivity contribution is -0.301. The summed E-state index contributed by atoms with van der Waals surface area (Å²) in [6.45, 7) is -0.217. The van der Waals surface area contributed by atoms with E-state index >= 15 is 0 Å². The van der Waals surface area contributed by atoms with E-state index < -0.39 is 30.7 Å². The molecule has 1 heterocycles. The van der Waals surface area contributed by atoms with Crippen molar-refractivity contribution in [2.45, 2.75) is 30.7 Å². The molecular weight excluding hydrogens is 204 g/mol. The van der Waals surface area contributed by atoms with Gasteiger partial charge in [0.1, 0.15) is 24.4 Å². The van der Waals surface area contributed by atoms with Crippen molar-refractivity contribution < 1.29 is 29.2 Å². The van der Waals surface area contributed by atoms with Gasteiger partial charge in [-0.05, 0) is 0 Å². The van der Waals surface area contributed by atoms with E-state index in [1.165, 1.54) is 21.3 Å². The number of methoxy groups -OCH3 is 3. The number of ether oxygens (including phenoxy) is 4. The molecule has 1 rings (SSSR count). The summed E-state index contributed by atoms with van der Waals surface area (Å²) in [6, 6.07) is 0. The van der Waals surface area contributed by atoms with Crippen LogP contribution in [0.4, 0.5) is 0 Å². The topological polar surface area (TPSA) is 77.4 Å². The summed E-state index contributed by atoms with van der Waals surface area (Å²) >= 11 is 0. The van der Waals surface area contributed by atoms with Crippen LogP contribution in [0, 0.1) is 0 Å². The highest BCUT2D eigenvalue weighted by Gasteiger charge is 2.45. The molecule has 15 heavy (non-hydrogen) atoms. The number of aliphatic hydroxyl groups excluding tert-OH is 2. The molecule has 0 spiro atoms. The van der Waals surface area contributed by atoms with Crippen LogP contribution in [0.5, 0.6) is 0 Å². The minimum absolute atomic E-state index is 0.217. The smallest absolute Gasteiger partial charge is 0.186 e. The van der Waals surface area contributed by atoms with Gasteiger partial charge in [0.25, 0.3) is 0 Å². The summed E-state index contributed by atoms with van der Waals surface area (Å²) in [5.41, 5.74) is 0. The summed E-state index contributed by atoms with van der Waals surface area (Å²) < 4.78 is 20.5. The van der Waals surface area contributed by atoms with Gasteiger partial charge in [-0.25, -0.2) is 0 Å². The van der Waals surface area contributed by atoms with Gasteiger partial charge in [0.2, 0.25) is 0 Å². The Balaban J connectivity index is 2.78. The van der Waals surface area contributed by atoms with E-state index in [9.17, 15) is 5.11 Å². The third-order valence-electron chi connectivity index (χ3n) is 2.57. The first-order valence-electron chi connectivity index (χ1n) is 4.72. The summed E-state index contributed by atoms with van der Waals surface area (Å²) in [4.78, 5) is 0. The Kier molecular flexibility index (Phi) is 4.91. The Morgan fingerprint density at radius 1 is 1.07 bits per heavy atom. The summed E-state index contributed by atoms with van der Waals surface area (Å²) in [7, 11) is 4.36. The predicted molar refractivity (Wildman–Crippen MR) is 50.4 cm³/mol. The van der Waals surface area contributed by atoms with E-state index in [0.29, 0.717) is 0 Å². The van der Waals surface area contributed by atoms with E-state index in [-0.39, 0.29) is 6.61 Å². The largest absolute Gasteiger partial charge is 0.394 e. The second-order valence-corrected chi connectivity index (χ2v) is 3.35. The van der Waals surface area contributed by atoms with Crippen LogP contribution >= 0.6 is 0 Å². The molecular formula is C9H18O6. The second-order valence-electron chi connectivity index (χ2n) is 3.35. The fourth-order valence-corrected chi connectivity index (χ4v) is 1.79. The molecule has 90 valence electrons. The lowest BCUT2D eigenvalue weighted by Gasteiger charge is -2.42. The zero-order chi connectivity index (χ0) is 11.4. The molecule has 0 aromatic heterocycles. The molecule has 5 atom stereocenters. The van der Waals surface area contributed by atoms with E-state index in [1.807, 2.05) is 0 Å². The van der Waals surface area contributed by atoms with Crippen molar-refractivity contribution >= 4 is 0 Å². The molecule has 0 aromatic carbocycles. The first-order chi connectivity index (χ1) is 7.19. The highest BCUT2D eigenvalue weighted by molar-refractivity contribution is 4.90. The molecule has 0 bridgehead atoms. The lowest BCUT2D eigenvalue weighted by atomic mass is 9.99. The highest BCUT2D eigenvalue weighted by atomic mass is 16.7. The van der Waals surface area contributed by atoms with Crippen molar-refractivity contribution in [1.82, 2.24) is 0 Å². The van der Waals surface area contributed by atoms with Crippen molar-refractivity contribution in [3.63, 3.8) is 0 Å². The molecule has 1 aliphatic rings. The SMILES string of the molecule is CO[C@H]1O[C@H](CO)[C@@H](OC)[C@H](OC)[C@H]1O. The molecule has 6 heteroatoms. The van der Waals surface area contributed by atoms with Gasteiger partial charge in [0.15, 0.2) is 6.29 Å². The monoisotopic (exact) mass is 222 g/mol. The van der Waals surface area contributed by atoms with E-state index in [1.54, 1.807) is 0 Å². The Hall–Kier alpha value is -0.240. The van der Waals surface area contributed by atoms with E-state index in [0.717, 1.165) is 0 Å². The van der Waals surface area contributed by atoms with Crippen molar-refractivity contribution in [2.75, 3.05) is 27.9 Å². The Labute approximate surface area is 88.7 Å². The van der Waals surface area contributed by atoms with Crippen molar-refractivity contribution in [1.29, 1.82) is 0 Å². The maximum Gasteiger partial charge on any atom is 0.186 e. The van der Waals surface area contributed by atoms with Gasteiger partial charge in [-0.15, -0.1) is 0 Å². The van der Waals surface area contributed by atoms with Crippen LogP contribution in [0.15, 0.2) is 0 Å². The van der Waals surface area contributed by atoms with Crippen LogP contribution in [0.25, 0.3) is 0 Å². The molecule has 6 nitrogen and oxygen atoms in total. The summed E-state index contributed by atoms with van der Waals surface area (Å²) in [5.74, 6) is 0. The van der Waals surface area contributed by atoms with Gasteiger partial charge < -0.3 is 29.2 Å². The van der Waals surface area contributed by atoms with Gasteiger partial charge in [0.05, 0.1) is 6.61 Å². The lowest BCUT2D eigenvalue weighted by Crippen LogP contribution is -2.60. The number of hydrogen-bond acceptors (Lipinski definition) is 6. The molecule has 0 saturated carbocycles. The summed E-state index contributed by atoms with van der Waals surface area (Å²) in [6.07, 6.45) is -3.40. The van der Waals surface area contributed by atoms with Gasteiger partial charge in [-0.1, -0.05) is 0 Å². The highest BCUT2D eigenvalue weighted by Crippen LogP contribution is 2.25. The van der Waals surface area contributed by atoms with Crippen molar-refractivity contribution in [3.8, 4) is 0 Å². The van der Waals surface area contributed by atoms with Crippen LogP contribution in [0.2, 0.25) is 0 Å². The number of hydrogen-bond donors (Lipinski definition) is 2. The molecule has 0 amide bonds. The number of aliphatic hydroxyl groups is 2. The van der Waals surface area contributed by atoms with Crippen LogP contribution in [-0.4, -0.2) is 68.9 Å². The van der Waals surface area contributed by atoms with Crippen LogP contribution < -0.4 is 0 Å². The molecule has 0 aliphatic carbocycles. The van der Waals surface area contributed by atoms with Crippen LogP contribution in [-0.2, 0) is 18.9 Å². The molecule has 0 aromatic rings. The van der Waals surface area contributed by atoms with Gasteiger partial charge in [-0.3, -0.25) is 0 Å².